The van der Waals surface area contributed by atoms with Crippen LogP contribution in [0.3, 0.4) is 0 Å². The highest BCUT2D eigenvalue weighted by molar-refractivity contribution is 5.43. The number of benzene rings is 1. The number of rotatable bonds is 4. The summed E-state index contributed by atoms with van der Waals surface area (Å²) in [4.78, 5) is 10.1. The van der Waals surface area contributed by atoms with E-state index in [0.717, 1.165) is 22.9 Å². The molecule has 0 radical (unpaired) electrons. The Balaban J connectivity index is 2.43. The van der Waals surface area contributed by atoms with Crippen molar-refractivity contribution >= 4 is 5.69 Å². The summed E-state index contributed by atoms with van der Waals surface area (Å²) in [6, 6.07) is 2.92. The quantitative estimate of drug-likeness (QED) is 0.670. The van der Waals surface area contributed by atoms with Crippen molar-refractivity contribution in [3.8, 4) is 5.69 Å². The maximum Gasteiger partial charge on any atom is 0.271 e. The summed E-state index contributed by atoms with van der Waals surface area (Å²) in [5, 5.41) is 18.2. The topological polar surface area (TPSA) is 99.9 Å². The molecule has 2 aromatic rings. The van der Waals surface area contributed by atoms with Crippen LogP contribution in [0.4, 0.5) is 10.1 Å². The number of nitrogens with two attached hydrogens (primary N) is 1. The van der Waals surface area contributed by atoms with Gasteiger partial charge in [-0.1, -0.05) is 12.1 Å². The molecule has 0 amide bonds. The van der Waals surface area contributed by atoms with Gasteiger partial charge in [0.15, 0.2) is 0 Å². The Bertz CT molecular complexity index is 613. The number of aromatic nitrogens is 3. The Labute approximate surface area is 108 Å². The second-order valence-electron chi connectivity index (χ2n) is 4.00. The van der Waals surface area contributed by atoms with Gasteiger partial charge in [-0.15, -0.1) is 5.10 Å². The van der Waals surface area contributed by atoms with Crippen LogP contribution in [0, 0.1) is 15.9 Å². The van der Waals surface area contributed by atoms with Crippen molar-refractivity contribution in [1.29, 1.82) is 0 Å². The Morgan fingerprint density at radius 1 is 1.58 bits per heavy atom. The molecule has 0 bridgehead atoms. The molecule has 1 heterocycles. The zero-order valence-corrected chi connectivity index (χ0v) is 10.2. The first-order valence-corrected chi connectivity index (χ1v) is 5.65. The van der Waals surface area contributed by atoms with Crippen LogP contribution in [0.15, 0.2) is 24.4 Å². The SMILES string of the molecule is CCC(N)c1cn(-c2cc([N+](=O)[O-])ccc2F)nn1. The monoisotopic (exact) mass is 265 g/mol. The number of hydrogen-bond acceptors (Lipinski definition) is 5. The van der Waals surface area contributed by atoms with E-state index in [-0.39, 0.29) is 17.4 Å². The molecule has 2 rings (SSSR count). The Kier molecular flexibility index (Phi) is 3.52. The molecule has 0 aliphatic carbocycles. The van der Waals surface area contributed by atoms with Gasteiger partial charge in [0.2, 0.25) is 0 Å². The third-order valence-corrected chi connectivity index (χ3v) is 2.72. The lowest BCUT2D eigenvalue weighted by Crippen LogP contribution is -2.08. The Morgan fingerprint density at radius 2 is 2.32 bits per heavy atom. The summed E-state index contributed by atoms with van der Waals surface area (Å²) in [7, 11) is 0. The van der Waals surface area contributed by atoms with E-state index >= 15 is 0 Å². The highest BCUT2D eigenvalue weighted by Crippen LogP contribution is 2.20. The van der Waals surface area contributed by atoms with Crippen LogP contribution in [0.1, 0.15) is 25.1 Å². The minimum atomic E-state index is -0.618. The van der Waals surface area contributed by atoms with Gasteiger partial charge in [-0.2, -0.15) is 0 Å². The van der Waals surface area contributed by atoms with Gasteiger partial charge in [-0.3, -0.25) is 10.1 Å². The molecule has 19 heavy (non-hydrogen) atoms. The van der Waals surface area contributed by atoms with Gasteiger partial charge in [0.05, 0.1) is 22.9 Å². The average molecular weight is 265 g/mol. The van der Waals surface area contributed by atoms with E-state index in [1.165, 1.54) is 6.20 Å². The van der Waals surface area contributed by atoms with Crippen LogP contribution in [0.25, 0.3) is 5.69 Å². The molecule has 0 spiro atoms. The van der Waals surface area contributed by atoms with Crippen LogP contribution >= 0.6 is 0 Å². The highest BCUT2D eigenvalue weighted by atomic mass is 19.1. The smallest absolute Gasteiger partial charge is 0.271 e. The van der Waals surface area contributed by atoms with Crippen LogP contribution < -0.4 is 5.73 Å². The number of nitrogens with zero attached hydrogens (tertiary/aromatic N) is 4. The average Bonchev–Trinajstić information content (AvgIpc) is 2.87. The molecule has 0 saturated heterocycles. The molecular weight excluding hydrogens is 253 g/mol. The van der Waals surface area contributed by atoms with Gasteiger partial charge in [-0.05, 0) is 12.5 Å². The summed E-state index contributed by atoms with van der Waals surface area (Å²) in [6.07, 6.45) is 2.13. The third-order valence-electron chi connectivity index (χ3n) is 2.72. The first-order chi connectivity index (χ1) is 9.02. The number of non-ortho nitro benzene ring substituents is 1. The lowest BCUT2D eigenvalue weighted by molar-refractivity contribution is -0.384. The lowest BCUT2D eigenvalue weighted by atomic mass is 10.2. The fourth-order valence-electron chi connectivity index (χ4n) is 1.56. The van der Waals surface area contributed by atoms with E-state index in [9.17, 15) is 14.5 Å². The van der Waals surface area contributed by atoms with E-state index in [2.05, 4.69) is 10.3 Å². The van der Waals surface area contributed by atoms with Gasteiger partial charge < -0.3 is 5.73 Å². The van der Waals surface area contributed by atoms with Crippen LogP contribution in [0.5, 0.6) is 0 Å². The summed E-state index contributed by atoms with van der Waals surface area (Å²) in [5.74, 6) is -0.618. The summed E-state index contributed by atoms with van der Waals surface area (Å²) >= 11 is 0. The third kappa shape index (κ3) is 2.58. The van der Waals surface area contributed by atoms with Crippen molar-refractivity contribution in [3.63, 3.8) is 0 Å². The number of nitro groups is 1. The van der Waals surface area contributed by atoms with Crippen LogP contribution in [-0.2, 0) is 0 Å². The van der Waals surface area contributed by atoms with Crippen molar-refractivity contribution in [1.82, 2.24) is 15.0 Å². The number of hydrogen-bond donors (Lipinski definition) is 1. The van der Waals surface area contributed by atoms with E-state index in [1.807, 2.05) is 6.92 Å². The molecule has 0 saturated carbocycles. The van der Waals surface area contributed by atoms with Crippen LogP contribution in [-0.4, -0.2) is 19.9 Å². The minimum absolute atomic E-state index is 0.0312. The molecule has 8 heteroatoms. The van der Waals surface area contributed by atoms with E-state index in [1.54, 1.807) is 0 Å². The zero-order valence-electron chi connectivity index (χ0n) is 10.2. The molecule has 1 unspecified atom stereocenters. The van der Waals surface area contributed by atoms with E-state index in [4.69, 9.17) is 5.73 Å². The molecule has 0 fully saturated rings. The summed E-state index contributed by atoms with van der Waals surface area (Å²) in [6.45, 7) is 1.89. The number of nitro benzene ring substituents is 1. The van der Waals surface area contributed by atoms with Crippen molar-refractivity contribution in [3.05, 3.63) is 46.0 Å². The van der Waals surface area contributed by atoms with E-state index < -0.39 is 10.7 Å². The van der Waals surface area contributed by atoms with E-state index in [0.29, 0.717) is 12.1 Å². The van der Waals surface area contributed by atoms with Crippen molar-refractivity contribution < 1.29 is 9.31 Å². The zero-order chi connectivity index (χ0) is 14.0. The molecule has 0 aliphatic heterocycles. The van der Waals surface area contributed by atoms with Gasteiger partial charge in [-0.25, -0.2) is 9.07 Å². The molecule has 100 valence electrons. The maximum absolute atomic E-state index is 13.7. The largest absolute Gasteiger partial charge is 0.323 e. The highest BCUT2D eigenvalue weighted by Gasteiger charge is 2.15. The van der Waals surface area contributed by atoms with Gasteiger partial charge in [0, 0.05) is 12.1 Å². The van der Waals surface area contributed by atoms with Crippen molar-refractivity contribution in [2.45, 2.75) is 19.4 Å². The summed E-state index contributed by atoms with van der Waals surface area (Å²) in [5.41, 5.74) is 6.05. The fraction of sp³-hybridized carbons (Fsp3) is 0.273. The Morgan fingerprint density at radius 3 is 2.95 bits per heavy atom. The standard InChI is InChI=1S/C11H12FN5O2/c1-2-9(13)10-6-16(15-14-10)11-5-7(17(18)19)3-4-8(11)12/h3-6,9H,2,13H2,1H3. The normalized spacial score (nSPS) is 12.4. The second-order valence-corrected chi connectivity index (χ2v) is 4.00. The minimum Gasteiger partial charge on any atom is -0.323 e. The first-order valence-electron chi connectivity index (χ1n) is 5.65. The molecule has 1 aromatic heterocycles. The maximum atomic E-state index is 13.7. The predicted molar refractivity (Wildman–Crippen MR) is 65.2 cm³/mol. The van der Waals surface area contributed by atoms with Gasteiger partial charge >= 0.3 is 0 Å². The lowest BCUT2D eigenvalue weighted by Gasteiger charge is -2.03. The van der Waals surface area contributed by atoms with Crippen LogP contribution in [0.2, 0.25) is 0 Å². The molecule has 2 N–H and O–H groups in total. The number of halogens is 1. The van der Waals surface area contributed by atoms with Gasteiger partial charge in [0.25, 0.3) is 5.69 Å². The van der Waals surface area contributed by atoms with Crippen molar-refractivity contribution in [2.24, 2.45) is 5.73 Å². The Hall–Kier alpha value is -2.35. The summed E-state index contributed by atoms with van der Waals surface area (Å²) < 4.78 is 14.8. The predicted octanol–water partition coefficient (Wildman–Crippen LogP) is 1.72. The second kappa shape index (κ2) is 5.11. The van der Waals surface area contributed by atoms with Crippen molar-refractivity contribution in [2.75, 3.05) is 0 Å². The molecule has 7 nitrogen and oxygen atoms in total. The molecule has 0 aliphatic rings. The first kappa shape index (κ1) is 13.1. The molecule has 1 atom stereocenters. The van der Waals surface area contributed by atoms with Gasteiger partial charge in [0.1, 0.15) is 11.5 Å². The fourth-order valence-corrected chi connectivity index (χ4v) is 1.56. The molecule has 1 aromatic carbocycles. The molecular formula is C11H12FN5O2.